The molecule has 3 aromatic rings. The molecule has 2 amide bonds. The minimum atomic E-state index is -0.345. The van der Waals surface area contributed by atoms with Crippen molar-refractivity contribution in [2.75, 3.05) is 39.3 Å². The summed E-state index contributed by atoms with van der Waals surface area (Å²) >= 11 is 0. The Bertz CT molecular complexity index is 1390. The lowest BCUT2D eigenvalue weighted by atomic mass is 9.76. The number of fused-ring (bicyclic) bond motifs is 2. The molecule has 0 aromatic heterocycles. The van der Waals surface area contributed by atoms with Gasteiger partial charge in [-0.05, 0) is 73.2 Å². The van der Waals surface area contributed by atoms with Gasteiger partial charge in [0.1, 0.15) is 6.61 Å². The van der Waals surface area contributed by atoms with Crippen molar-refractivity contribution in [3.8, 4) is 0 Å². The van der Waals surface area contributed by atoms with Gasteiger partial charge in [-0.1, -0.05) is 48.5 Å². The molecular formula is C33H39N3O4. The molecule has 1 spiro atoms. The van der Waals surface area contributed by atoms with Crippen LogP contribution < -0.4 is 0 Å². The van der Waals surface area contributed by atoms with Gasteiger partial charge in [-0.25, -0.2) is 0 Å². The molecule has 40 heavy (non-hydrogen) atoms. The predicted molar refractivity (Wildman–Crippen MR) is 156 cm³/mol. The molecule has 0 radical (unpaired) electrons. The molecule has 2 unspecified atom stereocenters. The van der Waals surface area contributed by atoms with Gasteiger partial charge in [0.2, 0.25) is 5.91 Å². The van der Waals surface area contributed by atoms with Crippen molar-refractivity contribution in [2.24, 2.45) is 5.41 Å². The zero-order valence-corrected chi connectivity index (χ0v) is 23.6. The Kier molecular flexibility index (Phi) is 7.26. The van der Waals surface area contributed by atoms with E-state index in [1.165, 1.54) is 6.92 Å². The molecule has 2 atom stereocenters. The van der Waals surface area contributed by atoms with E-state index in [-0.39, 0.29) is 35.8 Å². The predicted octanol–water partition coefficient (Wildman–Crippen LogP) is 4.86. The molecule has 0 saturated carbocycles. The number of hydrogen-bond acceptors (Lipinski definition) is 5. The Labute approximate surface area is 236 Å². The summed E-state index contributed by atoms with van der Waals surface area (Å²) in [7, 11) is 0. The van der Waals surface area contributed by atoms with Crippen LogP contribution in [0.4, 0.5) is 0 Å². The summed E-state index contributed by atoms with van der Waals surface area (Å²) < 4.78 is 5.13. The number of likely N-dealkylation sites (tertiary alicyclic amines) is 3. The lowest BCUT2D eigenvalue weighted by Gasteiger charge is -2.45. The van der Waals surface area contributed by atoms with Crippen molar-refractivity contribution >= 4 is 39.3 Å². The molecule has 3 aliphatic heterocycles. The van der Waals surface area contributed by atoms with E-state index in [0.717, 1.165) is 85.4 Å². The van der Waals surface area contributed by atoms with Crippen molar-refractivity contribution in [3.05, 3.63) is 60.2 Å². The molecule has 0 N–H and O–H groups in total. The molecule has 3 heterocycles. The molecule has 7 heteroatoms. The monoisotopic (exact) mass is 541 g/mol. The zero-order valence-electron chi connectivity index (χ0n) is 23.6. The first-order valence-electron chi connectivity index (χ1n) is 14.7. The molecule has 0 bridgehead atoms. The molecule has 3 saturated heterocycles. The fourth-order valence-corrected chi connectivity index (χ4v) is 7.53. The molecule has 3 aromatic carbocycles. The Morgan fingerprint density at radius 3 is 2.27 bits per heavy atom. The van der Waals surface area contributed by atoms with Gasteiger partial charge >= 0.3 is 5.97 Å². The number of carbonyl (C=O) groups excluding carboxylic acids is 3. The van der Waals surface area contributed by atoms with E-state index in [1.807, 2.05) is 34.1 Å². The lowest BCUT2D eigenvalue weighted by molar-refractivity contribution is -0.146. The summed E-state index contributed by atoms with van der Waals surface area (Å²) in [6.45, 7) is 7.47. The fourth-order valence-electron chi connectivity index (χ4n) is 7.53. The van der Waals surface area contributed by atoms with Crippen LogP contribution in [0.25, 0.3) is 21.5 Å². The van der Waals surface area contributed by atoms with Crippen molar-refractivity contribution in [1.82, 2.24) is 14.7 Å². The van der Waals surface area contributed by atoms with E-state index in [4.69, 9.17) is 4.74 Å². The van der Waals surface area contributed by atoms with Crippen LogP contribution in [0.5, 0.6) is 0 Å². The molecule has 3 fully saturated rings. The maximum absolute atomic E-state index is 14.0. The van der Waals surface area contributed by atoms with Crippen LogP contribution in [0.3, 0.4) is 0 Å². The number of rotatable bonds is 5. The summed E-state index contributed by atoms with van der Waals surface area (Å²) in [6, 6.07) is 19.1. The van der Waals surface area contributed by atoms with E-state index >= 15 is 0 Å². The van der Waals surface area contributed by atoms with Gasteiger partial charge in [-0.2, -0.15) is 0 Å². The van der Waals surface area contributed by atoms with Gasteiger partial charge < -0.3 is 14.5 Å². The summed E-state index contributed by atoms with van der Waals surface area (Å²) in [5.74, 6) is 0.0217. The smallest absolute Gasteiger partial charge is 0.302 e. The molecule has 210 valence electrons. The number of hydrogen-bond donors (Lipinski definition) is 0. The van der Waals surface area contributed by atoms with Gasteiger partial charge in [0.15, 0.2) is 0 Å². The first-order chi connectivity index (χ1) is 19.4. The van der Waals surface area contributed by atoms with E-state index in [9.17, 15) is 14.4 Å². The third-order valence-corrected chi connectivity index (χ3v) is 9.43. The van der Waals surface area contributed by atoms with Crippen molar-refractivity contribution < 1.29 is 19.1 Å². The van der Waals surface area contributed by atoms with Gasteiger partial charge in [0.25, 0.3) is 5.91 Å². The number of piperidine rings is 2. The third kappa shape index (κ3) is 4.85. The zero-order chi connectivity index (χ0) is 27.9. The fraction of sp³-hybridized carbons (Fsp3) is 0.485. The van der Waals surface area contributed by atoms with Crippen LogP contribution >= 0.6 is 0 Å². The van der Waals surface area contributed by atoms with E-state index in [2.05, 4.69) is 42.2 Å². The maximum atomic E-state index is 14.0. The Hall–Kier alpha value is -3.45. The first kappa shape index (κ1) is 26.8. The second kappa shape index (κ2) is 10.8. The first-order valence-corrected chi connectivity index (χ1v) is 14.7. The highest BCUT2D eigenvalue weighted by atomic mass is 16.5. The number of amides is 2. The van der Waals surface area contributed by atoms with Crippen LogP contribution in [-0.4, -0.2) is 83.9 Å². The molecule has 3 aliphatic rings. The Morgan fingerprint density at radius 1 is 0.975 bits per heavy atom. The van der Waals surface area contributed by atoms with Crippen LogP contribution in [0.15, 0.2) is 54.6 Å². The highest BCUT2D eigenvalue weighted by molar-refractivity contribution is 6.18. The SMILES string of the molecule is CC(=O)OCCN1C(=O)C2(CCCN(C3CCN(C(=O)c4c5ccccc5cc5ccccc45)CC3)C2)CC1C. The lowest BCUT2D eigenvalue weighted by Crippen LogP contribution is -2.54. The molecule has 7 nitrogen and oxygen atoms in total. The Balaban J connectivity index is 1.14. The van der Waals surface area contributed by atoms with Gasteiger partial charge in [0.05, 0.1) is 17.5 Å². The Morgan fingerprint density at radius 2 is 1.62 bits per heavy atom. The second-order valence-corrected chi connectivity index (χ2v) is 12.0. The number of nitrogens with zero attached hydrogens (tertiary/aromatic N) is 3. The van der Waals surface area contributed by atoms with Crippen molar-refractivity contribution in [2.45, 2.75) is 58.0 Å². The number of esters is 1. The highest BCUT2D eigenvalue weighted by Gasteiger charge is 2.52. The van der Waals surface area contributed by atoms with Crippen LogP contribution in [0.1, 0.15) is 56.3 Å². The highest BCUT2D eigenvalue weighted by Crippen LogP contribution is 2.44. The third-order valence-electron chi connectivity index (χ3n) is 9.43. The van der Waals surface area contributed by atoms with Crippen LogP contribution in [-0.2, 0) is 14.3 Å². The minimum absolute atomic E-state index is 0.116. The van der Waals surface area contributed by atoms with Crippen molar-refractivity contribution in [1.29, 1.82) is 0 Å². The number of carbonyl (C=O) groups is 3. The van der Waals surface area contributed by atoms with Crippen LogP contribution in [0.2, 0.25) is 0 Å². The van der Waals surface area contributed by atoms with E-state index < -0.39 is 0 Å². The number of benzene rings is 3. The van der Waals surface area contributed by atoms with E-state index in [1.54, 1.807) is 0 Å². The summed E-state index contributed by atoms with van der Waals surface area (Å²) in [6.07, 6.45) is 4.63. The second-order valence-electron chi connectivity index (χ2n) is 12.0. The minimum Gasteiger partial charge on any atom is -0.464 e. The molecular weight excluding hydrogens is 502 g/mol. The van der Waals surface area contributed by atoms with Crippen LogP contribution in [0, 0.1) is 5.41 Å². The number of ether oxygens (including phenoxy) is 1. The summed E-state index contributed by atoms with van der Waals surface area (Å²) in [5, 5.41) is 4.21. The standard InChI is InChI=1S/C33H39N3O4/c1-23-21-33(32(39)36(23)18-19-40-24(2)37)14-7-15-35(22-33)27-12-16-34(17-13-27)31(38)30-28-10-5-3-8-25(28)20-26-9-4-6-11-29(26)30/h3-6,8-11,20,23,27H,7,12-19,21-22H2,1-2H3. The molecule has 0 aliphatic carbocycles. The average Bonchev–Trinajstić information content (AvgIpc) is 3.18. The van der Waals surface area contributed by atoms with Crippen molar-refractivity contribution in [3.63, 3.8) is 0 Å². The summed E-state index contributed by atoms with van der Waals surface area (Å²) in [4.78, 5) is 45.3. The molecule has 6 rings (SSSR count). The maximum Gasteiger partial charge on any atom is 0.302 e. The van der Waals surface area contributed by atoms with Gasteiger partial charge in [-0.3, -0.25) is 19.3 Å². The summed E-state index contributed by atoms with van der Waals surface area (Å²) in [5.41, 5.74) is 0.464. The largest absolute Gasteiger partial charge is 0.464 e. The topological polar surface area (TPSA) is 70.2 Å². The average molecular weight is 542 g/mol. The van der Waals surface area contributed by atoms with Gasteiger partial charge in [0, 0.05) is 38.6 Å². The van der Waals surface area contributed by atoms with E-state index in [0.29, 0.717) is 12.6 Å². The normalized spacial score (nSPS) is 24.4. The van der Waals surface area contributed by atoms with Gasteiger partial charge in [-0.15, -0.1) is 0 Å². The quantitative estimate of drug-likeness (QED) is 0.341.